The lowest BCUT2D eigenvalue weighted by Gasteiger charge is -2.03. The van der Waals surface area contributed by atoms with Crippen LogP contribution in [0.5, 0.6) is 0 Å². The molecule has 114 valence electrons. The standard InChI is InChI=1S/C12H9Cl2N5O2S/c1-19-11-7(5-16-12(15)17-11)10(18-19)6-2-3-8(13)9(4-6)22(14,20)21/h2-5H,1H3,(H2,15,16,17). The summed E-state index contributed by atoms with van der Waals surface area (Å²) < 4.78 is 24.7. The maximum Gasteiger partial charge on any atom is 0.262 e. The maximum atomic E-state index is 11.6. The summed E-state index contributed by atoms with van der Waals surface area (Å²) in [4.78, 5) is 7.87. The molecular weight excluding hydrogens is 349 g/mol. The summed E-state index contributed by atoms with van der Waals surface area (Å²) in [6.45, 7) is 0. The Bertz CT molecular complexity index is 1000. The van der Waals surface area contributed by atoms with Gasteiger partial charge in [-0.1, -0.05) is 17.7 Å². The second-order valence-electron chi connectivity index (χ2n) is 4.52. The number of hydrogen-bond acceptors (Lipinski definition) is 6. The third kappa shape index (κ3) is 2.49. The molecule has 0 fully saturated rings. The van der Waals surface area contributed by atoms with E-state index < -0.39 is 9.05 Å². The Balaban J connectivity index is 2.29. The van der Waals surface area contributed by atoms with Crippen LogP contribution in [0.3, 0.4) is 0 Å². The van der Waals surface area contributed by atoms with Crippen molar-refractivity contribution in [3.8, 4) is 11.3 Å². The summed E-state index contributed by atoms with van der Waals surface area (Å²) >= 11 is 5.88. The first kappa shape index (κ1) is 15.0. The molecule has 3 rings (SSSR count). The van der Waals surface area contributed by atoms with Gasteiger partial charge in [-0.05, 0) is 12.1 Å². The van der Waals surface area contributed by atoms with Gasteiger partial charge in [0.2, 0.25) is 5.95 Å². The van der Waals surface area contributed by atoms with E-state index in [4.69, 9.17) is 28.0 Å². The zero-order valence-electron chi connectivity index (χ0n) is 11.2. The summed E-state index contributed by atoms with van der Waals surface area (Å²) in [5.74, 6) is 0.127. The van der Waals surface area contributed by atoms with E-state index in [0.29, 0.717) is 22.3 Å². The Kier molecular flexibility index (Phi) is 3.47. The van der Waals surface area contributed by atoms with Crippen LogP contribution in [-0.2, 0) is 16.1 Å². The molecule has 2 aromatic heterocycles. The van der Waals surface area contributed by atoms with Crippen LogP contribution in [-0.4, -0.2) is 28.2 Å². The Hall–Kier alpha value is -1.90. The van der Waals surface area contributed by atoms with Gasteiger partial charge in [-0.15, -0.1) is 0 Å². The van der Waals surface area contributed by atoms with Crippen molar-refractivity contribution in [1.82, 2.24) is 19.7 Å². The summed E-state index contributed by atoms with van der Waals surface area (Å²) in [7, 11) is 3.13. The van der Waals surface area contributed by atoms with Gasteiger partial charge in [0.05, 0.1) is 10.4 Å². The highest BCUT2D eigenvalue weighted by atomic mass is 35.7. The molecule has 7 nitrogen and oxygen atoms in total. The SMILES string of the molecule is Cn1nc(-c2ccc(Cl)c(S(=O)(=O)Cl)c2)c2cnc(N)nc21. The topological polar surface area (TPSA) is 104 Å². The molecule has 0 saturated carbocycles. The molecule has 0 aliphatic rings. The fourth-order valence-corrected chi connectivity index (χ4v) is 3.59. The van der Waals surface area contributed by atoms with Crippen molar-refractivity contribution < 1.29 is 8.42 Å². The number of nitrogens with two attached hydrogens (primary N) is 1. The highest BCUT2D eigenvalue weighted by Gasteiger charge is 2.19. The number of fused-ring (bicyclic) bond motifs is 1. The minimum absolute atomic E-state index is 0.0412. The predicted molar refractivity (Wildman–Crippen MR) is 84.2 cm³/mol. The molecule has 2 N–H and O–H groups in total. The van der Waals surface area contributed by atoms with Gasteiger partial charge in [-0.3, -0.25) is 0 Å². The molecule has 0 bridgehead atoms. The average Bonchev–Trinajstić information content (AvgIpc) is 2.75. The number of anilines is 1. The third-order valence-electron chi connectivity index (χ3n) is 3.07. The number of nitrogens with zero attached hydrogens (tertiary/aromatic N) is 4. The molecular formula is C12H9Cl2N5O2S. The van der Waals surface area contributed by atoms with Crippen LogP contribution in [0.25, 0.3) is 22.3 Å². The Morgan fingerprint density at radius 1 is 1.32 bits per heavy atom. The highest BCUT2D eigenvalue weighted by Crippen LogP contribution is 2.32. The number of benzene rings is 1. The van der Waals surface area contributed by atoms with Crippen molar-refractivity contribution >= 4 is 48.3 Å². The second-order valence-corrected chi connectivity index (χ2v) is 7.46. The minimum Gasteiger partial charge on any atom is -0.368 e. The van der Waals surface area contributed by atoms with Crippen LogP contribution in [0.4, 0.5) is 5.95 Å². The first-order valence-corrected chi connectivity index (χ1v) is 8.66. The number of aromatic nitrogens is 4. The largest absolute Gasteiger partial charge is 0.368 e. The molecule has 0 atom stereocenters. The van der Waals surface area contributed by atoms with E-state index in [1.807, 2.05) is 0 Å². The predicted octanol–water partition coefficient (Wildman–Crippen LogP) is 2.19. The summed E-state index contributed by atoms with van der Waals surface area (Å²) in [6, 6.07) is 4.46. The zero-order valence-corrected chi connectivity index (χ0v) is 13.5. The lowest BCUT2D eigenvalue weighted by atomic mass is 10.1. The molecule has 0 spiro atoms. The van der Waals surface area contributed by atoms with Crippen LogP contribution in [0.15, 0.2) is 29.3 Å². The Labute approximate surface area is 135 Å². The van der Waals surface area contributed by atoms with Crippen molar-refractivity contribution in [2.24, 2.45) is 7.05 Å². The van der Waals surface area contributed by atoms with Gasteiger partial charge in [0.25, 0.3) is 9.05 Å². The van der Waals surface area contributed by atoms with Crippen LogP contribution in [0.1, 0.15) is 0 Å². The van der Waals surface area contributed by atoms with Gasteiger partial charge in [0, 0.05) is 29.5 Å². The van der Waals surface area contributed by atoms with E-state index >= 15 is 0 Å². The monoisotopic (exact) mass is 357 g/mol. The van der Waals surface area contributed by atoms with Crippen molar-refractivity contribution in [1.29, 1.82) is 0 Å². The number of hydrogen-bond donors (Lipinski definition) is 1. The van der Waals surface area contributed by atoms with Crippen molar-refractivity contribution in [3.05, 3.63) is 29.4 Å². The van der Waals surface area contributed by atoms with Gasteiger partial charge in [-0.2, -0.15) is 10.1 Å². The van der Waals surface area contributed by atoms with E-state index in [1.54, 1.807) is 13.1 Å². The lowest BCUT2D eigenvalue weighted by molar-refractivity contribution is 0.609. The number of halogens is 2. The van der Waals surface area contributed by atoms with Gasteiger partial charge in [-0.25, -0.2) is 18.1 Å². The Morgan fingerprint density at radius 3 is 2.73 bits per heavy atom. The fraction of sp³-hybridized carbons (Fsp3) is 0.0833. The van der Waals surface area contributed by atoms with Crippen LogP contribution >= 0.6 is 22.3 Å². The van der Waals surface area contributed by atoms with Crippen molar-refractivity contribution in [2.75, 3.05) is 5.73 Å². The number of aryl methyl sites for hydroxylation is 1. The molecule has 0 unspecified atom stereocenters. The number of rotatable bonds is 2. The van der Waals surface area contributed by atoms with E-state index in [-0.39, 0.29) is 15.9 Å². The van der Waals surface area contributed by atoms with E-state index in [9.17, 15) is 8.42 Å². The molecule has 0 saturated heterocycles. The van der Waals surface area contributed by atoms with Crippen molar-refractivity contribution in [3.63, 3.8) is 0 Å². The molecule has 10 heteroatoms. The summed E-state index contributed by atoms with van der Waals surface area (Å²) in [6.07, 6.45) is 1.53. The quantitative estimate of drug-likeness (QED) is 0.705. The van der Waals surface area contributed by atoms with Crippen LogP contribution in [0, 0.1) is 0 Å². The van der Waals surface area contributed by atoms with Crippen molar-refractivity contribution in [2.45, 2.75) is 4.90 Å². The smallest absolute Gasteiger partial charge is 0.262 e. The minimum atomic E-state index is -3.96. The third-order valence-corrected chi connectivity index (χ3v) is 4.87. The van der Waals surface area contributed by atoms with E-state index in [0.717, 1.165) is 0 Å². The maximum absolute atomic E-state index is 11.6. The van der Waals surface area contributed by atoms with Gasteiger partial charge in [0.15, 0.2) is 5.65 Å². The average molecular weight is 358 g/mol. The number of nitrogen functional groups attached to an aromatic ring is 1. The highest BCUT2D eigenvalue weighted by molar-refractivity contribution is 8.13. The van der Waals surface area contributed by atoms with Gasteiger partial charge >= 0.3 is 0 Å². The molecule has 0 amide bonds. The molecule has 22 heavy (non-hydrogen) atoms. The molecule has 0 aliphatic carbocycles. The molecule has 2 heterocycles. The fourth-order valence-electron chi connectivity index (χ4n) is 2.10. The van der Waals surface area contributed by atoms with Crippen LogP contribution < -0.4 is 5.73 Å². The van der Waals surface area contributed by atoms with E-state index in [2.05, 4.69) is 15.1 Å². The van der Waals surface area contributed by atoms with Gasteiger partial charge in [0.1, 0.15) is 10.6 Å². The lowest BCUT2D eigenvalue weighted by Crippen LogP contribution is -1.97. The van der Waals surface area contributed by atoms with E-state index in [1.165, 1.54) is 23.0 Å². The first-order valence-electron chi connectivity index (χ1n) is 5.97. The molecule has 0 radical (unpaired) electrons. The van der Waals surface area contributed by atoms with Crippen LogP contribution in [0.2, 0.25) is 5.02 Å². The normalized spacial score (nSPS) is 12.0. The zero-order chi connectivity index (χ0) is 16.1. The summed E-state index contributed by atoms with van der Waals surface area (Å²) in [5.41, 5.74) is 7.14. The molecule has 1 aromatic carbocycles. The summed E-state index contributed by atoms with van der Waals surface area (Å²) in [5, 5.41) is 5.01. The molecule has 0 aliphatic heterocycles. The Morgan fingerprint density at radius 2 is 2.05 bits per heavy atom. The first-order chi connectivity index (χ1) is 10.3. The molecule has 3 aromatic rings. The van der Waals surface area contributed by atoms with Gasteiger partial charge < -0.3 is 5.73 Å². The second kappa shape index (κ2) is 5.08.